The second-order valence-electron chi connectivity index (χ2n) is 7.68. The predicted octanol–water partition coefficient (Wildman–Crippen LogP) is 4.12. The van der Waals surface area contributed by atoms with Gasteiger partial charge in [-0.1, -0.05) is 36.4 Å². The van der Waals surface area contributed by atoms with E-state index < -0.39 is 0 Å². The van der Waals surface area contributed by atoms with Crippen molar-refractivity contribution in [2.75, 3.05) is 18.0 Å². The van der Waals surface area contributed by atoms with Crippen LogP contribution in [0.5, 0.6) is 0 Å². The highest BCUT2D eigenvalue weighted by Gasteiger charge is 2.26. The minimum absolute atomic E-state index is 0.0716. The van der Waals surface area contributed by atoms with E-state index in [1.54, 1.807) is 18.3 Å². The van der Waals surface area contributed by atoms with Gasteiger partial charge in [0.15, 0.2) is 5.82 Å². The first-order chi connectivity index (χ1) is 14.6. The minimum Gasteiger partial charge on any atom is -0.356 e. The van der Waals surface area contributed by atoms with E-state index in [9.17, 15) is 9.18 Å². The molecule has 1 saturated heterocycles. The van der Waals surface area contributed by atoms with Gasteiger partial charge < -0.3 is 10.2 Å². The zero-order chi connectivity index (χ0) is 20.9. The molecule has 2 aromatic carbocycles. The molecule has 3 aromatic rings. The molecule has 4 rings (SSSR count). The highest BCUT2D eigenvalue weighted by Crippen LogP contribution is 2.24. The first-order valence-electron chi connectivity index (χ1n) is 10.3. The Morgan fingerprint density at radius 3 is 2.90 bits per heavy atom. The molecule has 5 nitrogen and oxygen atoms in total. The van der Waals surface area contributed by atoms with Crippen LogP contribution in [-0.4, -0.2) is 29.0 Å². The molecular weight excluding hydrogens is 379 g/mol. The molecule has 2 heterocycles. The Morgan fingerprint density at radius 2 is 2.07 bits per heavy atom. The van der Waals surface area contributed by atoms with Gasteiger partial charge in [0.25, 0.3) is 0 Å². The number of nitrogens with zero attached hydrogens (tertiary/aromatic N) is 3. The summed E-state index contributed by atoms with van der Waals surface area (Å²) < 4.78 is 13.6. The smallest absolute Gasteiger partial charge is 0.225 e. The van der Waals surface area contributed by atoms with E-state index in [-0.39, 0.29) is 17.6 Å². The maximum atomic E-state index is 13.6. The number of rotatable bonds is 5. The third-order valence-corrected chi connectivity index (χ3v) is 5.55. The average Bonchev–Trinajstić information content (AvgIpc) is 2.78. The van der Waals surface area contributed by atoms with Crippen LogP contribution in [0.25, 0.3) is 11.4 Å². The fourth-order valence-electron chi connectivity index (χ4n) is 3.83. The van der Waals surface area contributed by atoms with Crippen molar-refractivity contribution >= 4 is 11.7 Å². The van der Waals surface area contributed by atoms with Crippen LogP contribution in [0.3, 0.4) is 0 Å². The highest BCUT2D eigenvalue weighted by molar-refractivity contribution is 5.79. The number of carbonyl (C=O) groups excluding carboxylic acids is 1. The maximum absolute atomic E-state index is 13.6. The van der Waals surface area contributed by atoms with Crippen LogP contribution in [0.1, 0.15) is 24.0 Å². The van der Waals surface area contributed by atoms with Gasteiger partial charge in [-0.15, -0.1) is 0 Å². The van der Waals surface area contributed by atoms with Crippen LogP contribution in [0.15, 0.2) is 60.8 Å². The molecule has 1 aliphatic heterocycles. The SMILES string of the molecule is Cc1ccccc1CNC(=O)[C@@H]1CCCN(c2ccnc(-c3cccc(F)c3)n2)C1. The number of nitrogens with one attached hydrogen (secondary N) is 1. The Kier molecular flexibility index (Phi) is 6.02. The van der Waals surface area contributed by atoms with Crippen molar-refractivity contribution < 1.29 is 9.18 Å². The van der Waals surface area contributed by atoms with E-state index in [1.807, 2.05) is 24.3 Å². The van der Waals surface area contributed by atoms with E-state index in [4.69, 9.17) is 0 Å². The van der Waals surface area contributed by atoms with Crippen LogP contribution in [0, 0.1) is 18.7 Å². The minimum atomic E-state index is -0.315. The molecule has 1 aromatic heterocycles. The van der Waals surface area contributed by atoms with Crippen molar-refractivity contribution in [3.8, 4) is 11.4 Å². The fourth-order valence-corrected chi connectivity index (χ4v) is 3.83. The summed E-state index contributed by atoms with van der Waals surface area (Å²) in [6.07, 6.45) is 3.46. The summed E-state index contributed by atoms with van der Waals surface area (Å²) in [4.78, 5) is 23.8. The zero-order valence-corrected chi connectivity index (χ0v) is 17.0. The summed E-state index contributed by atoms with van der Waals surface area (Å²) in [5, 5.41) is 3.08. The second kappa shape index (κ2) is 9.03. The normalized spacial score (nSPS) is 16.3. The van der Waals surface area contributed by atoms with Gasteiger partial charge in [-0.3, -0.25) is 4.79 Å². The van der Waals surface area contributed by atoms with Gasteiger partial charge in [-0.05, 0) is 49.1 Å². The monoisotopic (exact) mass is 404 g/mol. The number of anilines is 1. The largest absolute Gasteiger partial charge is 0.356 e. The van der Waals surface area contributed by atoms with Gasteiger partial charge in [-0.25, -0.2) is 14.4 Å². The number of aryl methyl sites for hydroxylation is 1. The molecule has 0 aliphatic carbocycles. The molecule has 6 heteroatoms. The Hall–Kier alpha value is -3.28. The molecule has 154 valence electrons. The standard InChI is InChI=1S/C24H25FN4O/c1-17-6-2-3-7-19(17)15-27-24(30)20-9-5-13-29(16-20)22-11-12-26-23(28-22)18-8-4-10-21(25)14-18/h2-4,6-8,10-12,14,20H,5,9,13,15-16H2,1H3,(H,27,30)/t20-/m1/s1. The number of amides is 1. The molecule has 0 saturated carbocycles. The first-order valence-corrected chi connectivity index (χ1v) is 10.3. The topological polar surface area (TPSA) is 58.1 Å². The van der Waals surface area contributed by atoms with Crippen molar-refractivity contribution in [3.05, 3.63) is 77.7 Å². The van der Waals surface area contributed by atoms with E-state index in [0.29, 0.717) is 24.5 Å². The van der Waals surface area contributed by atoms with Crippen molar-refractivity contribution in [2.45, 2.75) is 26.3 Å². The quantitative estimate of drug-likeness (QED) is 0.695. The lowest BCUT2D eigenvalue weighted by atomic mass is 9.97. The number of piperidine rings is 1. The van der Waals surface area contributed by atoms with Crippen LogP contribution < -0.4 is 10.2 Å². The van der Waals surface area contributed by atoms with Gasteiger partial charge in [0, 0.05) is 31.4 Å². The van der Waals surface area contributed by atoms with Crippen LogP contribution in [-0.2, 0) is 11.3 Å². The number of aromatic nitrogens is 2. The summed E-state index contributed by atoms with van der Waals surface area (Å²) >= 11 is 0. The van der Waals surface area contributed by atoms with E-state index in [2.05, 4.69) is 33.2 Å². The summed E-state index contributed by atoms with van der Waals surface area (Å²) in [7, 11) is 0. The van der Waals surface area contributed by atoms with Crippen LogP contribution in [0.4, 0.5) is 10.2 Å². The first kappa shape index (κ1) is 20.0. The summed E-state index contributed by atoms with van der Waals surface area (Å²) in [6, 6.07) is 16.2. The molecule has 0 radical (unpaired) electrons. The number of carbonyl (C=O) groups is 1. The van der Waals surface area contributed by atoms with Gasteiger partial charge in [0.2, 0.25) is 5.91 Å². The fraction of sp³-hybridized carbons (Fsp3) is 0.292. The lowest BCUT2D eigenvalue weighted by molar-refractivity contribution is -0.125. The zero-order valence-electron chi connectivity index (χ0n) is 17.0. The van der Waals surface area contributed by atoms with Crippen molar-refractivity contribution in [2.24, 2.45) is 5.92 Å². The lowest BCUT2D eigenvalue weighted by Gasteiger charge is -2.33. The molecule has 0 unspecified atom stereocenters. The third kappa shape index (κ3) is 4.64. The molecule has 0 bridgehead atoms. The Balaban J connectivity index is 1.43. The van der Waals surface area contributed by atoms with Gasteiger partial charge in [0.1, 0.15) is 11.6 Å². The van der Waals surface area contributed by atoms with Crippen molar-refractivity contribution in [1.29, 1.82) is 0 Å². The lowest BCUT2D eigenvalue weighted by Crippen LogP contribution is -2.43. The molecular formula is C24H25FN4O. The number of benzene rings is 2. The summed E-state index contributed by atoms with van der Waals surface area (Å²) in [5.74, 6) is 0.918. The number of hydrogen-bond acceptors (Lipinski definition) is 4. The predicted molar refractivity (Wildman–Crippen MR) is 115 cm³/mol. The molecule has 1 N–H and O–H groups in total. The Morgan fingerprint density at radius 1 is 1.20 bits per heavy atom. The number of halogens is 1. The third-order valence-electron chi connectivity index (χ3n) is 5.55. The van der Waals surface area contributed by atoms with Crippen LogP contribution >= 0.6 is 0 Å². The van der Waals surface area contributed by atoms with Gasteiger partial charge >= 0.3 is 0 Å². The maximum Gasteiger partial charge on any atom is 0.225 e. The van der Waals surface area contributed by atoms with Gasteiger partial charge in [0.05, 0.1) is 5.92 Å². The van der Waals surface area contributed by atoms with E-state index >= 15 is 0 Å². The van der Waals surface area contributed by atoms with Crippen LogP contribution in [0.2, 0.25) is 0 Å². The number of hydrogen-bond donors (Lipinski definition) is 1. The second-order valence-corrected chi connectivity index (χ2v) is 7.68. The average molecular weight is 404 g/mol. The molecule has 1 atom stereocenters. The van der Waals surface area contributed by atoms with Crippen molar-refractivity contribution in [1.82, 2.24) is 15.3 Å². The summed E-state index contributed by atoms with van der Waals surface area (Å²) in [5.41, 5.74) is 2.95. The molecule has 0 spiro atoms. The molecule has 30 heavy (non-hydrogen) atoms. The van der Waals surface area contributed by atoms with Gasteiger partial charge in [-0.2, -0.15) is 0 Å². The Labute approximate surface area is 176 Å². The molecule has 1 aliphatic rings. The molecule has 1 fully saturated rings. The molecule has 1 amide bonds. The van der Waals surface area contributed by atoms with Crippen molar-refractivity contribution in [3.63, 3.8) is 0 Å². The Bertz CT molecular complexity index is 1040. The van der Waals surface area contributed by atoms with E-state index in [1.165, 1.54) is 17.7 Å². The summed E-state index contributed by atoms with van der Waals surface area (Å²) in [6.45, 7) is 4.04. The highest BCUT2D eigenvalue weighted by atomic mass is 19.1. The van der Waals surface area contributed by atoms with E-state index in [0.717, 1.165) is 30.8 Å².